The van der Waals surface area contributed by atoms with Crippen molar-refractivity contribution in [1.29, 1.82) is 0 Å². The van der Waals surface area contributed by atoms with Gasteiger partial charge < -0.3 is 5.32 Å². The number of amides is 1. The highest BCUT2D eigenvalue weighted by atomic mass is 32.2. The molecule has 0 aliphatic rings. The van der Waals surface area contributed by atoms with E-state index in [2.05, 4.69) is 5.32 Å². The molecule has 1 N–H and O–H groups in total. The monoisotopic (exact) mass is 392 g/mol. The average Bonchev–Trinajstić information content (AvgIpc) is 2.63. The fourth-order valence-corrected chi connectivity index (χ4v) is 3.93. The minimum Gasteiger partial charge on any atom is -0.354 e. The fraction of sp³-hybridized carbons (Fsp3) is 0.350. The minimum atomic E-state index is -3.56. The van der Waals surface area contributed by atoms with E-state index < -0.39 is 15.9 Å². The number of rotatable bonds is 8. The molecule has 2 rings (SSSR count). The van der Waals surface area contributed by atoms with E-state index in [0.717, 1.165) is 0 Å². The molecular weight excluding hydrogens is 367 g/mol. The van der Waals surface area contributed by atoms with Crippen LogP contribution in [0.4, 0.5) is 10.1 Å². The van der Waals surface area contributed by atoms with Crippen LogP contribution < -0.4 is 9.62 Å². The predicted molar refractivity (Wildman–Crippen MR) is 106 cm³/mol. The van der Waals surface area contributed by atoms with Gasteiger partial charge in [-0.2, -0.15) is 0 Å². The van der Waals surface area contributed by atoms with Crippen LogP contribution in [0.25, 0.3) is 0 Å². The van der Waals surface area contributed by atoms with Crippen molar-refractivity contribution in [3.8, 4) is 0 Å². The zero-order valence-corrected chi connectivity index (χ0v) is 16.5. The Morgan fingerprint density at radius 1 is 1.07 bits per heavy atom. The van der Waals surface area contributed by atoms with Crippen molar-refractivity contribution in [1.82, 2.24) is 5.32 Å². The maximum atomic E-state index is 13.1. The Hall–Kier alpha value is -2.41. The smallest absolute Gasteiger partial charge is 0.236 e. The molecule has 146 valence electrons. The van der Waals surface area contributed by atoms with Crippen LogP contribution in [-0.4, -0.2) is 33.7 Å². The van der Waals surface area contributed by atoms with Gasteiger partial charge >= 0.3 is 0 Å². The average molecular weight is 392 g/mol. The number of para-hydroxylation sites is 1. The Labute approximate surface area is 160 Å². The molecule has 0 aliphatic carbocycles. The summed E-state index contributed by atoms with van der Waals surface area (Å²) in [7, 11) is -2.07. The van der Waals surface area contributed by atoms with Gasteiger partial charge in [0.25, 0.3) is 0 Å². The Bertz CT molecular complexity index is 853. The first kappa shape index (κ1) is 20.9. The number of anilines is 1. The van der Waals surface area contributed by atoms with Crippen LogP contribution in [0.15, 0.2) is 54.6 Å². The molecule has 0 aliphatic heterocycles. The third-order valence-corrected chi connectivity index (χ3v) is 6.14. The van der Waals surface area contributed by atoms with Crippen molar-refractivity contribution in [2.45, 2.75) is 19.8 Å². The number of carbonyl (C=O) groups is 1. The number of halogens is 1. The maximum absolute atomic E-state index is 13.1. The Morgan fingerprint density at radius 3 is 2.22 bits per heavy atom. The normalized spacial score (nSPS) is 12.6. The molecule has 0 saturated carbocycles. The zero-order valence-electron chi connectivity index (χ0n) is 15.7. The summed E-state index contributed by atoms with van der Waals surface area (Å²) in [6, 6.07) is 14.6. The van der Waals surface area contributed by atoms with E-state index in [9.17, 15) is 17.6 Å². The second kappa shape index (κ2) is 8.99. The van der Waals surface area contributed by atoms with Crippen molar-refractivity contribution in [2.75, 3.05) is 23.7 Å². The van der Waals surface area contributed by atoms with Gasteiger partial charge in [-0.05, 0) is 35.7 Å². The van der Waals surface area contributed by atoms with E-state index in [4.69, 9.17) is 0 Å². The molecule has 2 aromatic rings. The Morgan fingerprint density at radius 2 is 1.67 bits per heavy atom. The van der Waals surface area contributed by atoms with Crippen LogP contribution in [0.3, 0.4) is 0 Å². The molecule has 1 unspecified atom stereocenters. The van der Waals surface area contributed by atoms with Gasteiger partial charge in [-0.25, -0.2) is 12.8 Å². The van der Waals surface area contributed by atoms with Crippen LogP contribution in [0.5, 0.6) is 0 Å². The van der Waals surface area contributed by atoms with Crippen LogP contribution in [0.1, 0.15) is 25.3 Å². The highest BCUT2D eigenvalue weighted by Crippen LogP contribution is 2.25. The summed E-state index contributed by atoms with van der Waals surface area (Å²) in [5, 5.41) is 2.70. The van der Waals surface area contributed by atoms with Crippen LogP contribution in [0, 0.1) is 11.7 Å². The summed E-state index contributed by atoms with van der Waals surface area (Å²) in [5.74, 6) is -1.33. The van der Waals surface area contributed by atoms with Gasteiger partial charge in [0.2, 0.25) is 15.9 Å². The van der Waals surface area contributed by atoms with Crippen LogP contribution >= 0.6 is 0 Å². The van der Waals surface area contributed by atoms with Gasteiger partial charge in [0.1, 0.15) is 5.82 Å². The van der Waals surface area contributed by atoms with Gasteiger partial charge in [0.05, 0.1) is 17.4 Å². The molecule has 27 heavy (non-hydrogen) atoms. The SMILES string of the molecule is CC(C)C(C(=O)NCCS(=O)(=O)N(C)c1ccccc1)c1ccc(F)cc1. The Kier molecular flexibility index (Phi) is 6.96. The molecule has 7 heteroatoms. The molecule has 5 nitrogen and oxygen atoms in total. The minimum absolute atomic E-state index is 0.00273. The molecule has 2 aromatic carbocycles. The van der Waals surface area contributed by atoms with Gasteiger partial charge in [-0.15, -0.1) is 0 Å². The standard InChI is InChI=1S/C20H25FN2O3S/c1-15(2)19(16-9-11-17(21)12-10-16)20(24)22-13-14-27(25,26)23(3)18-7-5-4-6-8-18/h4-12,15,19H,13-14H2,1-3H3,(H,22,24). The van der Waals surface area contributed by atoms with Gasteiger partial charge in [0, 0.05) is 13.6 Å². The summed E-state index contributed by atoms with van der Waals surface area (Å²) in [6.45, 7) is 3.80. The lowest BCUT2D eigenvalue weighted by atomic mass is 9.87. The number of carbonyl (C=O) groups excluding carboxylic acids is 1. The molecule has 0 fully saturated rings. The lowest BCUT2D eigenvalue weighted by Gasteiger charge is -2.22. The van der Waals surface area contributed by atoms with E-state index in [1.807, 2.05) is 19.9 Å². The molecule has 0 saturated heterocycles. The van der Waals surface area contributed by atoms with Crippen LogP contribution in [-0.2, 0) is 14.8 Å². The molecule has 0 radical (unpaired) electrons. The third-order valence-electron chi connectivity index (χ3n) is 4.37. The van der Waals surface area contributed by atoms with Crippen LogP contribution in [0.2, 0.25) is 0 Å². The lowest BCUT2D eigenvalue weighted by molar-refractivity contribution is -0.123. The number of hydrogen-bond donors (Lipinski definition) is 1. The molecule has 1 atom stereocenters. The van der Waals surface area contributed by atoms with Gasteiger partial charge in [-0.1, -0.05) is 44.2 Å². The number of nitrogens with zero attached hydrogens (tertiary/aromatic N) is 1. The summed E-state index contributed by atoms with van der Waals surface area (Å²) in [6.07, 6.45) is 0. The highest BCUT2D eigenvalue weighted by molar-refractivity contribution is 7.92. The Balaban J connectivity index is 2.00. The summed E-state index contributed by atoms with van der Waals surface area (Å²) >= 11 is 0. The van der Waals surface area contributed by atoms with E-state index in [0.29, 0.717) is 11.3 Å². The lowest BCUT2D eigenvalue weighted by Crippen LogP contribution is -2.38. The van der Waals surface area contributed by atoms with Gasteiger partial charge in [0.15, 0.2) is 0 Å². The third kappa shape index (κ3) is 5.53. The fourth-order valence-electron chi connectivity index (χ4n) is 2.86. The van der Waals surface area contributed by atoms with Crippen molar-refractivity contribution in [2.24, 2.45) is 5.92 Å². The zero-order chi connectivity index (χ0) is 20.0. The summed E-state index contributed by atoms with van der Waals surface area (Å²) in [5.41, 5.74) is 1.27. The molecule has 0 bridgehead atoms. The molecular formula is C20H25FN2O3S. The summed E-state index contributed by atoms with van der Waals surface area (Å²) < 4.78 is 39.3. The van der Waals surface area contributed by atoms with E-state index in [-0.39, 0.29) is 29.9 Å². The number of sulfonamides is 1. The molecule has 1 amide bonds. The predicted octanol–water partition coefficient (Wildman–Crippen LogP) is 3.15. The first-order valence-corrected chi connectivity index (χ1v) is 10.4. The first-order valence-electron chi connectivity index (χ1n) is 8.77. The highest BCUT2D eigenvalue weighted by Gasteiger charge is 2.25. The number of hydrogen-bond acceptors (Lipinski definition) is 3. The molecule has 0 heterocycles. The number of benzene rings is 2. The quantitative estimate of drug-likeness (QED) is 0.750. The second-order valence-corrected chi connectivity index (χ2v) is 8.80. The van der Waals surface area contributed by atoms with E-state index in [1.165, 1.54) is 23.5 Å². The van der Waals surface area contributed by atoms with Crippen molar-refractivity contribution in [3.05, 3.63) is 66.0 Å². The van der Waals surface area contributed by atoms with E-state index in [1.54, 1.807) is 36.4 Å². The topological polar surface area (TPSA) is 66.5 Å². The molecule has 0 spiro atoms. The number of nitrogens with one attached hydrogen (secondary N) is 1. The van der Waals surface area contributed by atoms with Crippen molar-refractivity contribution < 1.29 is 17.6 Å². The summed E-state index contributed by atoms with van der Waals surface area (Å²) in [4.78, 5) is 12.6. The van der Waals surface area contributed by atoms with Crippen molar-refractivity contribution in [3.63, 3.8) is 0 Å². The molecule has 0 aromatic heterocycles. The van der Waals surface area contributed by atoms with Gasteiger partial charge in [-0.3, -0.25) is 9.10 Å². The van der Waals surface area contributed by atoms with Crippen molar-refractivity contribution >= 4 is 21.6 Å². The van der Waals surface area contributed by atoms with E-state index >= 15 is 0 Å². The first-order chi connectivity index (χ1) is 12.7. The largest absolute Gasteiger partial charge is 0.354 e. The second-order valence-electron chi connectivity index (χ2n) is 6.68. The maximum Gasteiger partial charge on any atom is 0.236 e.